The summed E-state index contributed by atoms with van der Waals surface area (Å²) in [6.07, 6.45) is 0. The van der Waals surface area contributed by atoms with Crippen molar-refractivity contribution < 1.29 is 0 Å². The minimum absolute atomic E-state index is 0.0168. The number of hydrogen-bond donors (Lipinski definition) is 1. The van der Waals surface area contributed by atoms with Gasteiger partial charge in [-0.25, -0.2) is 0 Å². The first kappa shape index (κ1) is 44.0. The molecule has 0 atom stereocenters. The molecule has 0 spiro atoms. The molecular weight excluding hydrogens is 842 g/mol. The van der Waals surface area contributed by atoms with E-state index >= 15 is 0 Å². The lowest BCUT2D eigenvalue weighted by Gasteiger charge is -2.44. The van der Waals surface area contributed by atoms with E-state index in [2.05, 4.69) is 261 Å². The summed E-state index contributed by atoms with van der Waals surface area (Å²) in [5.41, 5.74) is 19.7. The fourth-order valence-electron chi connectivity index (χ4n) is 10.8. The molecule has 2 aliphatic rings. The van der Waals surface area contributed by atoms with Gasteiger partial charge in [0.1, 0.15) is 0 Å². The Labute approximate surface area is 408 Å². The first-order chi connectivity index (χ1) is 32.4. The van der Waals surface area contributed by atoms with Crippen LogP contribution in [-0.2, 0) is 21.7 Å². The van der Waals surface area contributed by atoms with Crippen LogP contribution in [0.25, 0.3) is 31.3 Å². The molecular formula is C63H62BN3S. The second-order valence-electron chi connectivity index (χ2n) is 22.8. The highest BCUT2D eigenvalue weighted by Crippen LogP contribution is 2.52. The monoisotopic (exact) mass is 903 g/mol. The minimum atomic E-state index is -0.274. The van der Waals surface area contributed by atoms with Crippen LogP contribution < -0.4 is 26.0 Å². The van der Waals surface area contributed by atoms with Gasteiger partial charge in [-0.3, -0.25) is 0 Å². The van der Waals surface area contributed by atoms with Gasteiger partial charge in [0.15, 0.2) is 0 Å². The molecule has 0 saturated carbocycles. The van der Waals surface area contributed by atoms with Gasteiger partial charge >= 0.3 is 6.85 Å². The van der Waals surface area contributed by atoms with E-state index in [1.807, 2.05) is 11.3 Å². The summed E-state index contributed by atoms with van der Waals surface area (Å²) < 4.78 is 2.65. The van der Waals surface area contributed by atoms with Crippen LogP contribution in [-0.4, -0.2) is 6.85 Å². The molecule has 68 heavy (non-hydrogen) atoms. The van der Waals surface area contributed by atoms with E-state index in [0.29, 0.717) is 0 Å². The molecule has 0 radical (unpaired) electrons. The maximum Gasteiger partial charge on any atom is 0.333 e. The SMILES string of the molecule is CC(C)(C)c1ccc(N2B3c4cccc(C(C)(C)c5ccccc5)c4Nc4cc5c(sc6ccccc65)c(c43)-c3ccc(N(c4ccc(C(C)(C)C)cc4)c4ccc(C(C)(C)C)cc4)cc32)cc1. The molecule has 0 fully saturated rings. The summed E-state index contributed by atoms with van der Waals surface area (Å²) in [5.74, 6) is 0. The highest BCUT2D eigenvalue weighted by atomic mass is 32.1. The molecule has 9 aromatic rings. The smallest absolute Gasteiger partial charge is 0.333 e. The molecule has 0 unspecified atom stereocenters. The first-order valence-electron chi connectivity index (χ1n) is 24.4. The summed E-state index contributed by atoms with van der Waals surface area (Å²) in [6.45, 7) is 25.3. The fraction of sp³-hybridized carbons (Fsp3) is 0.238. The second-order valence-corrected chi connectivity index (χ2v) is 23.8. The lowest BCUT2D eigenvalue weighted by molar-refractivity contribution is 0.590. The maximum atomic E-state index is 4.17. The van der Waals surface area contributed by atoms with Crippen LogP contribution in [0.3, 0.4) is 0 Å². The lowest BCUT2D eigenvalue weighted by Crippen LogP contribution is -2.60. The van der Waals surface area contributed by atoms with Crippen molar-refractivity contribution in [2.75, 3.05) is 15.0 Å². The highest BCUT2D eigenvalue weighted by Gasteiger charge is 2.45. The number of nitrogens with one attached hydrogen (secondary N) is 1. The van der Waals surface area contributed by atoms with Gasteiger partial charge < -0.3 is 15.0 Å². The Hall–Kier alpha value is -6.56. The zero-order chi connectivity index (χ0) is 47.5. The number of benzene rings is 8. The molecule has 8 aromatic carbocycles. The quantitative estimate of drug-likeness (QED) is 0.168. The van der Waals surface area contributed by atoms with Gasteiger partial charge in [-0.2, -0.15) is 0 Å². The van der Waals surface area contributed by atoms with Crippen LogP contribution in [0.5, 0.6) is 0 Å². The summed E-state index contributed by atoms with van der Waals surface area (Å²) in [7, 11) is 0. The summed E-state index contributed by atoms with van der Waals surface area (Å²) in [5, 5.41) is 6.77. The van der Waals surface area contributed by atoms with Gasteiger partial charge in [0, 0.05) is 76.5 Å². The van der Waals surface area contributed by atoms with E-state index < -0.39 is 0 Å². The van der Waals surface area contributed by atoms with Crippen molar-refractivity contribution in [2.45, 2.75) is 97.8 Å². The molecule has 0 amide bonds. The normalized spacial score (nSPS) is 13.6. The number of nitrogens with zero attached hydrogens (tertiary/aromatic N) is 2. The Morgan fingerprint density at radius 3 is 1.66 bits per heavy atom. The van der Waals surface area contributed by atoms with Crippen LogP contribution in [0.2, 0.25) is 0 Å². The topological polar surface area (TPSA) is 18.5 Å². The van der Waals surface area contributed by atoms with Crippen LogP contribution in [0.4, 0.5) is 39.8 Å². The van der Waals surface area contributed by atoms with E-state index in [0.717, 1.165) is 17.1 Å². The molecule has 338 valence electrons. The number of hydrogen-bond acceptors (Lipinski definition) is 4. The van der Waals surface area contributed by atoms with Gasteiger partial charge in [-0.15, -0.1) is 11.3 Å². The Morgan fingerprint density at radius 1 is 0.500 bits per heavy atom. The average molecular weight is 904 g/mol. The summed E-state index contributed by atoms with van der Waals surface area (Å²) >= 11 is 1.93. The van der Waals surface area contributed by atoms with E-state index in [4.69, 9.17) is 0 Å². The molecule has 11 rings (SSSR count). The second kappa shape index (κ2) is 15.8. The standard InChI is InChI=1S/C63H62BN3S/c1-60(2,3)40-24-30-44(31-25-40)66(45-32-26-41(27-33-45)61(4,5)6)47-36-37-49-54(38-47)67(46-34-28-42(29-35-46)62(7,8)9)64-52-22-17-21-51(63(10,11)43-18-13-12-14-19-43)58(52)65-53-39-50-48-20-15-16-23-55(48)68-59(50)56(49)57(53)64/h12-39,65H,1-11H3. The molecule has 0 aliphatic carbocycles. The van der Waals surface area contributed by atoms with Crippen molar-refractivity contribution in [3.05, 3.63) is 198 Å². The molecule has 3 nitrogen and oxygen atoms in total. The Bertz CT molecular complexity index is 3320. The predicted molar refractivity (Wildman–Crippen MR) is 297 cm³/mol. The van der Waals surface area contributed by atoms with Gasteiger partial charge in [-0.1, -0.05) is 185 Å². The third-order valence-electron chi connectivity index (χ3n) is 14.8. The van der Waals surface area contributed by atoms with Crippen LogP contribution in [0, 0.1) is 0 Å². The van der Waals surface area contributed by atoms with Crippen LogP contribution >= 0.6 is 11.3 Å². The number of para-hydroxylation sites is 1. The first-order valence-corrected chi connectivity index (χ1v) is 25.2. The van der Waals surface area contributed by atoms with E-state index in [1.165, 1.54) is 92.8 Å². The molecule has 3 heterocycles. The third kappa shape index (κ3) is 7.24. The molecule has 1 aromatic heterocycles. The van der Waals surface area contributed by atoms with E-state index in [-0.39, 0.29) is 28.5 Å². The summed E-state index contributed by atoms with van der Waals surface area (Å²) in [6, 6.07) is 64.6. The van der Waals surface area contributed by atoms with Crippen molar-refractivity contribution in [3.63, 3.8) is 0 Å². The summed E-state index contributed by atoms with van der Waals surface area (Å²) in [4.78, 5) is 5.12. The Balaban J connectivity index is 1.21. The minimum Gasteiger partial charge on any atom is -0.376 e. The number of thiophene rings is 1. The predicted octanol–water partition coefficient (Wildman–Crippen LogP) is 16.7. The highest BCUT2D eigenvalue weighted by molar-refractivity contribution is 7.26. The van der Waals surface area contributed by atoms with Crippen molar-refractivity contribution in [2.24, 2.45) is 0 Å². The Morgan fingerprint density at radius 2 is 1.06 bits per heavy atom. The molecule has 2 aliphatic heterocycles. The lowest BCUT2D eigenvalue weighted by atomic mass is 9.43. The molecule has 0 saturated heterocycles. The molecule has 5 heteroatoms. The third-order valence-corrected chi connectivity index (χ3v) is 16.0. The average Bonchev–Trinajstić information content (AvgIpc) is 3.69. The Kier molecular flexibility index (Phi) is 10.2. The zero-order valence-electron chi connectivity index (χ0n) is 41.5. The molecule has 0 bridgehead atoms. The van der Waals surface area contributed by atoms with Crippen LogP contribution in [0.1, 0.15) is 104 Å². The zero-order valence-corrected chi connectivity index (χ0v) is 42.4. The largest absolute Gasteiger partial charge is 0.376 e. The van der Waals surface area contributed by atoms with Gasteiger partial charge in [0.05, 0.1) is 0 Å². The molecule has 1 N–H and O–H groups in total. The van der Waals surface area contributed by atoms with Gasteiger partial charge in [0.25, 0.3) is 0 Å². The maximum absolute atomic E-state index is 4.17. The van der Waals surface area contributed by atoms with E-state index in [1.54, 1.807) is 0 Å². The number of anilines is 7. The van der Waals surface area contributed by atoms with Gasteiger partial charge in [0.2, 0.25) is 0 Å². The van der Waals surface area contributed by atoms with Crippen LogP contribution in [0.15, 0.2) is 170 Å². The van der Waals surface area contributed by atoms with Crippen molar-refractivity contribution in [1.29, 1.82) is 0 Å². The fourth-order valence-corrected chi connectivity index (χ4v) is 12.1. The number of rotatable bonds is 6. The van der Waals surface area contributed by atoms with Crippen molar-refractivity contribution in [3.8, 4) is 11.1 Å². The van der Waals surface area contributed by atoms with Crippen molar-refractivity contribution in [1.82, 2.24) is 0 Å². The number of fused-ring (bicyclic) bond motifs is 8. The van der Waals surface area contributed by atoms with E-state index in [9.17, 15) is 0 Å². The van der Waals surface area contributed by atoms with Gasteiger partial charge in [-0.05, 0) is 116 Å². The van der Waals surface area contributed by atoms with Crippen molar-refractivity contribution >= 4 is 89.1 Å².